The Labute approximate surface area is 133 Å². The lowest BCUT2D eigenvalue weighted by molar-refractivity contribution is 0.121. The standard InChI is InChI=1S/C18H30N2S/c1-4-11-19-18(10-9-13(2)12-14(18)3)17-20-15-7-5-6-8-16(15)21-17/h13-14,19H,4-12H2,1-3H3. The first-order chi connectivity index (χ1) is 10.2. The SMILES string of the molecule is CCCNC1(c2nc3c(s2)CCCC3)CCC(C)CC1C. The highest BCUT2D eigenvalue weighted by atomic mass is 32.1. The van der Waals surface area contributed by atoms with E-state index in [1.165, 1.54) is 62.1 Å². The Morgan fingerprint density at radius 3 is 2.81 bits per heavy atom. The third-order valence-corrected chi connectivity index (χ3v) is 6.88. The first-order valence-corrected chi connectivity index (χ1v) is 9.71. The first kappa shape index (κ1) is 15.5. The maximum Gasteiger partial charge on any atom is 0.114 e. The number of nitrogens with one attached hydrogen (secondary N) is 1. The van der Waals surface area contributed by atoms with Crippen molar-refractivity contribution in [3.63, 3.8) is 0 Å². The van der Waals surface area contributed by atoms with Crippen molar-refractivity contribution in [2.45, 2.75) is 77.7 Å². The number of rotatable bonds is 4. The summed E-state index contributed by atoms with van der Waals surface area (Å²) in [5, 5.41) is 5.33. The van der Waals surface area contributed by atoms with E-state index >= 15 is 0 Å². The van der Waals surface area contributed by atoms with Crippen molar-refractivity contribution in [2.75, 3.05) is 6.54 Å². The van der Waals surface area contributed by atoms with Gasteiger partial charge in [-0.3, -0.25) is 0 Å². The molecule has 0 aliphatic heterocycles. The van der Waals surface area contributed by atoms with Gasteiger partial charge in [-0.15, -0.1) is 11.3 Å². The predicted molar refractivity (Wildman–Crippen MR) is 90.9 cm³/mol. The van der Waals surface area contributed by atoms with Crippen LogP contribution in [0.1, 0.15) is 74.9 Å². The average Bonchev–Trinajstić information content (AvgIpc) is 2.91. The summed E-state index contributed by atoms with van der Waals surface area (Å²) in [6, 6.07) is 0. The molecule has 0 aromatic carbocycles. The number of fused-ring (bicyclic) bond motifs is 1. The molecule has 21 heavy (non-hydrogen) atoms. The lowest BCUT2D eigenvalue weighted by Gasteiger charge is -2.44. The summed E-state index contributed by atoms with van der Waals surface area (Å²) >= 11 is 2.02. The second kappa shape index (κ2) is 6.37. The molecule has 1 heterocycles. The minimum absolute atomic E-state index is 0.157. The molecular weight excluding hydrogens is 276 g/mol. The maximum atomic E-state index is 5.13. The number of hydrogen-bond donors (Lipinski definition) is 1. The summed E-state index contributed by atoms with van der Waals surface area (Å²) < 4.78 is 0. The summed E-state index contributed by atoms with van der Waals surface area (Å²) in [5.41, 5.74) is 1.58. The lowest BCUT2D eigenvalue weighted by atomic mass is 9.70. The zero-order chi connectivity index (χ0) is 14.9. The van der Waals surface area contributed by atoms with Crippen LogP contribution in [0.5, 0.6) is 0 Å². The van der Waals surface area contributed by atoms with Gasteiger partial charge in [-0.05, 0) is 69.7 Å². The van der Waals surface area contributed by atoms with E-state index in [4.69, 9.17) is 4.98 Å². The van der Waals surface area contributed by atoms with Crippen LogP contribution in [0.3, 0.4) is 0 Å². The first-order valence-electron chi connectivity index (χ1n) is 8.89. The third kappa shape index (κ3) is 2.92. The number of nitrogens with zero attached hydrogens (tertiary/aromatic N) is 1. The molecule has 118 valence electrons. The number of aromatic nitrogens is 1. The van der Waals surface area contributed by atoms with Gasteiger partial charge in [0.25, 0.3) is 0 Å². The largest absolute Gasteiger partial charge is 0.305 e. The van der Waals surface area contributed by atoms with Gasteiger partial charge in [0.05, 0.1) is 11.2 Å². The van der Waals surface area contributed by atoms with Crippen LogP contribution in [0.15, 0.2) is 0 Å². The molecule has 0 radical (unpaired) electrons. The molecule has 3 unspecified atom stereocenters. The third-order valence-electron chi connectivity index (χ3n) is 5.55. The Morgan fingerprint density at radius 1 is 1.29 bits per heavy atom. The zero-order valence-electron chi connectivity index (χ0n) is 13.9. The fraction of sp³-hybridized carbons (Fsp3) is 0.833. The molecule has 0 amide bonds. The highest BCUT2D eigenvalue weighted by molar-refractivity contribution is 7.11. The zero-order valence-corrected chi connectivity index (χ0v) is 14.7. The Morgan fingerprint density at radius 2 is 2.10 bits per heavy atom. The molecule has 1 saturated carbocycles. The minimum atomic E-state index is 0.157. The van der Waals surface area contributed by atoms with Crippen LogP contribution in [0.2, 0.25) is 0 Å². The molecule has 2 aliphatic rings. The second-order valence-electron chi connectivity index (χ2n) is 7.27. The average molecular weight is 307 g/mol. The van der Waals surface area contributed by atoms with Gasteiger partial charge in [0.15, 0.2) is 0 Å². The van der Waals surface area contributed by atoms with Crippen molar-refractivity contribution < 1.29 is 0 Å². The normalized spacial score (nSPS) is 32.9. The molecule has 1 aromatic rings. The summed E-state index contributed by atoms with van der Waals surface area (Å²) in [6.07, 6.45) is 10.3. The molecule has 0 spiro atoms. The van der Waals surface area contributed by atoms with Crippen molar-refractivity contribution in [1.29, 1.82) is 0 Å². The van der Waals surface area contributed by atoms with Gasteiger partial charge in [-0.2, -0.15) is 0 Å². The van der Waals surface area contributed by atoms with Crippen molar-refractivity contribution in [3.05, 3.63) is 15.6 Å². The van der Waals surface area contributed by atoms with Crippen LogP contribution in [0, 0.1) is 11.8 Å². The molecule has 1 fully saturated rings. The quantitative estimate of drug-likeness (QED) is 0.874. The van der Waals surface area contributed by atoms with E-state index in [0.717, 1.165) is 12.5 Å². The van der Waals surface area contributed by atoms with Crippen molar-refractivity contribution in [1.82, 2.24) is 10.3 Å². The van der Waals surface area contributed by atoms with Gasteiger partial charge in [-0.1, -0.05) is 20.8 Å². The fourth-order valence-electron chi connectivity index (χ4n) is 4.19. The van der Waals surface area contributed by atoms with E-state index in [0.29, 0.717) is 5.92 Å². The van der Waals surface area contributed by atoms with E-state index in [9.17, 15) is 0 Å². The molecule has 0 saturated heterocycles. The number of aryl methyl sites for hydroxylation is 2. The van der Waals surface area contributed by atoms with Crippen molar-refractivity contribution >= 4 is 11.3 Å². The molecule has 1 N–H and O–H groups in total. The summed E-state index contributed by atoms with van der Waals surface area (Å²) in [5.74, 6) is 1.56. The van der Waals surface area contributed by atoms with Crippen LogP contribution in [0.25, 0.3) is 0 Å². The van der Waals surface area contributed by atoms with Gasteiger partial charge in [0.2, 0.25) is 0 Å². The highest BCUT2D eigenvalue weighted by Gasteiger charge is 2.43. The van der Waals surface area contributed by atoms with Gasteiger partial charge in [-0.25, -0.2) is 4.98 Å². The van der Waals surface area contributed by atoms with Crippen LogP contribution in [-0.2, 0) is 18.4 Å². The van der Waals surface area contributed by atoms with Crippen LogP contribution in [0.4, 0.5) is 0 Å². The monoisotopic (exact) mass is 306 g/mol. The Hall–Kier alpha value is -0.410. The molecule has 2 nitrogen and oxygen atoms in total. The van der Waals surface area contributed by atoms with E-state index < -0.39 is 0 Å². The van der Waals surface area contributed by atoms with Gasteiger partial charge in [0, 0.05) is 4.88 Å². The highest BCUT2D eigenvalue weighted by Crippen LogP contribution is 2.46. The molecule has 1 aromatic heterocycles. The lowest BCUT2D eigenvalue weighted by Crippen LogP contribution is -2.50. The van der Waals surface area contributed by atoms with Crippen LogP contribution in [-0.4, -0.2) is 11.5 Å². The summed E-state index contributed by atoms with van der Waals surface area (Å²) in [4.78, 5) is 6.71. The topological polar surface area (TPSA) is 24.9 Å². The van der Waals surface area contributed by atoms with E-state index in [2.05, 4.69) is 26.1 Å². The Bertz CT molecular complexity index is 454. The van der Waals surface area contributed by atoms with E-state index in [1.807, 2.05) is 11.3 Å². The Balaban J connectivity index is 1.93. The molecule has 3 heteroatoms. The molecule has 3 rings (SSSR count). The van der Waals surface area contributed by atoms with Crippen LogP contribution >= 0.6 is 11.3 Å². The minimum Gasteiger partial charge on any atom is -0.305 e. The van der Waals surface area contributed by atoms with Crippen molar-refractivity contribution in [2.24, 2.45) is 11.8 Å². The van der Waals surface area contributed by atoms with Crippen LogP contribution < -0.4 is 5.32 Å². The number of thiazole rings is 1. The fourth-order valence-corrected chi connectivity index (χ4v) is 5.65. The summed E-state index contributed by atoms with van der Waals surface area (Å²) in [7, 11) is 0. The van der Waals surface area contributed by atoms with Gasteiger partial charge in [0.1, 0.15) is 5.01 Å². The second-order valence-corrected chi connectivity index (χ2v) is 8.36. The van der Waals surface area contributed by atoms with Gasteiger partial charge >= 0.3 is 0 Å². The number of hydrogen-bond acceptors (Lipinski definition) is 3. The molecular formula is C18H30N2S. The predicted octanol–water partition coefficient (Wildman–Crippen LogP) is 4.67. The smallest absolute Gasteiger partial charge is 0.114 e. The van der Waals surface area contributed by atoms with E-state index in [-0.39, 0.29) is 5.54 Å². The van der Waals surface area contributed by atoms with E-state index in [1.54, 1.807) is 4.88 Å². The van der Waals surface area contributed by atoms with Crippen molar-refractivity contribution in [3.8, 4) is 0 Å². The molecule has 2 aliphatic carbocycles. The van der Waals surface area contributed by atoms with Gasteiger partial charge < -0.3 is 5.32 Å². The molecule has 0 bridgehead atoms. The summed E-state index contributed by atoms with van der Waals surface area (Å²) in [6.45, 7) is 8.23. The Kier molecular flexibility index (Phi) is 4.70. The maximum absolute atomic E-state index is 5.13. The molecule has 3 atom stereocenters.